The van der Waals surface area contributed by atoms with Crippen molar-refractivity contribution in [3.05, 3.63) is 11.4 Å². The molecule has 0 saturated heterocycles. The molecule has 14 heavy (non-hydrogen) atoms. The van der Waals surface area contributed by atoms with E-state index in [0.29, 0.717) is 18.9 Å². The molecule has 0 unspecified atom stereocenters. The fourth-order valence-corrected chi connectivity index (χ4v) is 0.925. The van der Waals surface area contributed by atoms with Crippen LogP contribution in [0.3, 0.4) is 0 Å². The average Bonchev–Trinajstić information content (AvgIpc) is 2.18. The van der Waals surface area contributed by atoms with Crippen LogP contribution in [0.1, 0.15) is 17.8 Å². The Labute approximate surface area is 83.4 Å². The van der Waals surface area contributed by atoms with E-state index in [2.05, 4.69) is 21.3 Å². The van der Waals surface area contributed by atoms with Crippen LogP contribution in [0, 0.1) is 25.2 Å². The van der Waals surface area contributed by atoms with Gasteiger partial charge in [-0.1, -0.05) is 0 Å². The largest absolute Gasteiger partial charge is 0.342 e. The van der Waals surface area contributed by atoms with Crippen LogP contribution in [0.15, 0.2) is 0 Å². The van der Waals surface area contributed by atoms with E-state index in [4.69, 9.17) is 5.26 Å². The molecule has 0 aromatic carbocycles. The number of rotatable bonds is 3. The smallest absolute Gasteiger partial charge is 0.245 e. The number of hydrogen-bond acceptors (Lipinski definition) is 5. The highest BCUT2D eigenvalue weighted by Gasteiger charge is 2.05. The predicted molar refractivity (Wildman–Crippen MR) is 52.8 cm³/mol. The maximum Gasteiger partial charge on any atom is 0.245 e. The lowest BCUT2D eigenvalue weighted by Gasteiger charge is -2.14. The average molecular weight is 191 g/mol. The van der Waals surface area contributed by atoms with E-state index in [9.17, 15) is 0 Å². The molecular formula is C9H13N5. The van der Waals surface area contributed by atoms with Gasteiger partial charge in [-0.05, 0) is 13.8 Å². The molecule has 0 aliphatic rings. The van der Waals surface area contributed by atoms with Gasteiger partial charge in [-0.15, -0.1) is 5.10 Å². The van der Waals surface area contributed by atoms with Gasteiger partial charge < -0.3 is 4.90 Å². The Morgan fingerprint density at radius 2 is 2.00 bits per heavy atom. The number of aryl methyl sites for hydroxylation is 2. The van der Waals surface area contributed by atoms with E-state index in [1.165, 1.54) is 0 Å². The Kier molecular flexibility index (Phi) is 3.35. The van der Waals surface area contributed by atoms with E-state index in [-0.39, 0.29) is 0 Å². The lowest BCUT2D eigenvalue weighted by Crippen LogP contribution is -2.21. The Morgan fingerprint density at radius 3 is 2.57 bits per heavy atom. The van der Waals surface area contributed by atoms with Crippen LogP contribution < -0.4 is 4.90 Å². The highest BCUT2D eigenvalue weighted by atomic mass is 15.3. The first kappa shape index (κ1) is 10.4. The van der Waals surface area contributed by atoms with Crippen molar-refractivity contribution in [1.82, 2.24) is 15.2 Å². The molecule has 0 amide bonds. The van der Waals surface area contributed by atoms with E-state index in [1.54, 1.807) is 0 Å². The summed E-state index contributed by atoms with van der Waals surface area (Å²) in [6.07, 6.45) is 0.465. The number of anilines is 1. The van der Waals surface area contributed by atoms with Gasteiger partial charge in [-0.25, -0.2) is 4.98 Å². The summed E-state index contributed by atoms with van der Waals surface area (Å²) >= 11 is 0. The summed E-state index contributed by atoms with van der Waals surface area (Å²) in [5, 5.41) is 16.3. The quantitative estimate of drug-likeness (QED) is 0.708. The molecule has 1 aromatic rings. The van der Waals surface area contributed by atoms with Crippen molar-refractivity contribution in [2.45, 2.75) is 20.3 Å². The molecule has 0 aliphatic carbocycles. The zero-order valence-electron chi connectivity index (χ0n) is 8.65. The van der Waals surface area contributed by atoms with E-state index >= 15 is 0 Å². The van der Waals surface area contributed by atoms with Crippen molar-refractivity contribution in [3.63, 3.8) is 0 Å². The topological polar surface area (TPSA) is 65.7 Å². The van der Waals surface area contributed by atoms with Crippen molar-refractivity contribution >= 4 is 5.95 Å². The van der Waals surface area contributed by atoms with Crippen molar-refractivity contribution in [2.75, 3.05) is 18.5 Å². The number of nitriles is 1. The minimum Gasteiger partial charge on any atom is -0.342 e. The van der Waals surface area contributed by atoms with Gasteiger partial charge in [0, 0.05) is 13.6 Å². The molecule has 0 radical (unpaired) electrons. The Hall–Kier alpha value is -1.70. The zero-order chi connectivity index (χ0) is 10.6. The van der Waals surface area contributed by atoms with E-state index < -0.39 is 0 Å². The van der Waals surface area contributed by atoms with E-state index in [1.807, 2.05) is 25.8 Å². The Morgan fingerprint density at radius 1 is 1.29 bits per heavy atom. The van der Waals surface area contributed by atoms with Gasteiger partial charge in [0.1, 0.15) is 0 Å². The molecule has 5 heteroatoms. The first-order valence-corrected chi connectivity index (χ1v) is 4.41. The second kappa shape index (κ2) is 4.51. The fraction of sp³-hybridized carbons (Fsp3) is 0.556. The van der Waals surface area contributed by atoms with Crippen LogP contribution in [-0.4, -0.2) is 28.8 Å². The molecule has 1 aromatic heterocycles. The minimum atomic E-state index is 0.465. The van der Waals surface area contributed by atoms with Crippen LogP contribution in [-0.2, 0) is 0 Å². The fourth-order valence-electron chi connectivity index (χ4n) is 0.925. The van der Waals surface area contributed by atoms with Gasteiger partial charge in [0.25, 0.3) is 0 Å². The number of aromatic nitrogens is 3. The molecule has 0 saturated carbocycles. The molecule has 74 valence electrons. The number of hydrogen-bond donors (Lipinski definition) is 0. The third-order valence-corrected chi connectivity index (χ3v) is 1.98. The summed E-state index contributed by atoms with van der Waals surface area (Å²) in [6.45, 7) is 4.39. The SMILES string of the molecule is Cc1nnc(N(C)CCC#N)nc1C. The molecule has 0 fully saturated rings. The van der Waals surface area contributed by atoms with Gasteiger partial charge in [0.2, 0.25) is 5.95 Å². The van der Waals surface area contributed by atoms with Crippen LogP contribution in [0.5, 0.6) is 0 Å². The molecule has 0 N–H and O–H groups in total. The maximum atomic E-state index is 8.43. The van der Waals surface area contributed by atoms with Gasteiger partial charge in [0.15, 0.2) is 0 Å². The normalized spacial score (nSPS) is 9.57. The first-order valence-electron chi connectivity index (χ1n) is 4.41. The van der Waals surface area contributed by atoms with Crippen molar-refractivity contribution in [3.8, 4) is 6.07 Å². The highest BCUT2D eigenvalue weighted by Crippen LogP contribution is 2.06. The summed E-state index contributed by atoms with van der Waals surface area (Å²) in [5.41, 5.74) is 1.71. The van der Waals surface area contributed by atoms with Crippen LogP contribution in [0.4, 0.5) is 5.95 Å². The first-order chi connectivity index (χ1) is 6.65. The third kappa shape index (κ3) is 2.39. The third-order valence-electron chi connectivity index (χ3n) is 1.98. The van der Waals surface area contributed by atoms with Gasteiger partial charge in [0.05, 0.1) is 23.9 Å². The molecule has 5 nitrogen and oxygen atoms in total. The van der Waals surface area contributed by atoms with Crippen LogP contribution in [0.2, 0.25) is 0 Å². The van der Waals surface area contributed by atoms with Crippen LogP contribution >= 0.6 is 0 Å². The lowest BCUT2D eigenvalue weighted by molar-refractivity contribution is 0.803. The van der Waals surface area contributed by atoms with Crippen molar-refractivity contribution < 1.29 is 0 Å². The van der Waals surface area contributed by atoms with Crippen molar-refractivity contribution in [2.24, 2.45) is 0 Å². The molecule has 0 bridgehead atoms. The summed E-state index contributed by atoms with van der Waals surface area (Å²) < 4.78 is 0. The maximum absolute atomic E-state index is 8.43. The molecule has 1 rings (SSSR count). The zero-order valence-corrected chi connectivity index (χ0v) is 8.65. The molecule has 0 aliphatic heterocycles. The molecule has 0 atom stereocenters. The minimum absolute atomic E-state index is 0.465. The molecular weight excluding hydrogens is 178 g/mol. The van der Waals surface area contributed by atoms with Crippen molar-refractivity contribution in [1.29, 1.82) is 5.26 Å². The van der Waals surface area contributed by atoms with Gasteiger partial charge in [-0.2, -0.15) is 10.4 Å². The standard InChI is InChI=1S/C9H13N5/c1-7-8(2)12-13-9(11-7)14(3)6-4-5-10/h4,6H2,1-3H3. The van der Waals surface area contributed by atoms with E-state index in [0.717, 1.165) is 11.4 Å². The summed E-state index contributed by atoms with van der Waals surface area (Å²) in [6, 6.07) is 2.08. The number of nitrogens with zero attached hydrogens (tertiary/aromatic N) is 5. The van der Waals surface area contributed by atoms with Gasteiger partial charge in [-0.3, -0.25) is 0 Å². The second-order valence-electron chi connectivity index (χ2n) is 3.11. The monoisotopic (exact) mass is 191 g/mol. The summed E-state index contributed by atoms with van der Waals surface area (Å²) in [7, 11) is 1.85. The summed E-state index contributed by atoms with van der Waals surface area (Å²) in [4.78, 5) is 6.09. The molecule has 0 spiro atoms. The van der Waals surface area contributed by atoms with Crippen LogP contribution in [0.25, 0.3) is 0 Å². The lowest BCUT2D eigenvalue weighted by atomic mass is 10.4. The molecule has 1 heterocycles. The highest BCUT2D eigenvalue weighted by molar-refractivity contribution is 5.28. The summed E-state index contributed by atoms with van der Waals surface area (Å²) in [5.74, 6) is 0.573. The Bertz CT molecular complexity index is 355. The predicted octanol–water partition coefficient (Wildman–Crippen LogP) is 0.838. The van der Waals surface area contributed by atoms with Gasteiger partial charge >= 0.3 is 0 Å². The second-order valence-corrected chi connectivity index (χ2v) is 3.11. The Balaban J connectivity index is 2.76.